The highest BCUT2D eigenvalue weighted by Crippen LogP contribution is 2.28. The number of halogens is 1. The third kappa shape index (κ3) is 2.63. The van der Waals surface area contributed by atoms with Crippen LogP contribution in [-0.2, 0) is 19.9 Å². The summed E-state index contributed by atoms with van der Waals surface area (Å²) in [5, 5.41) is 15.2. The van der Waals surface area contributed by atoms with E-state index in [1.165, 1.54) is 5.38 Å². The molecule has 0 saturated heterocycles. The molecule has 3 N–H and O–H groups in total. The van der Waals surface area contributed by atoms with E-state index in [0.29, 0.717) is 11.3 Å². The summed E-state index contributed by atoms with van der Waals surface area (Å²) < 4.78 is 45.1. The second-order valence-corrected chi connectivity index (χ2v) is 8.17. The Morgan fingerprint density at radius 2 is 2.00 bits per heavy atom. The summed E-state index contributed by atoms with van der Waals surface area (Å²) in [5.41, 5.74) is -1.71. The van der Waals surface area contributed by atoms with Gasteiger partial charge in [0.2, 0.25) is 19.9 Å². The highest BCUT2D eigenvalue weighted by atomic mass is 79.9. The summed E-state index contributed by atoms with van der Waals surface area (Å²) in [7, 11) is -8.20. The van der Waals surface area contributed by atoms with Gasteiger partial charge in [0.15, 0.2) is 9.65 Å². The molecule has 1 aromatic rings. The Labute approximate surface area is 105 Å². The van der Waals surface area contributed by atoms with Crippen molar-refractivity contribution in [3.05, 3.63) is 11.4 Å². The number of sulfone groups is 1. The Kier molecular flexibility index (Phi) is 4.13. The second-order valence-electron chi connectivity index (χ2n) is 2.77. The van der Waals surface area contributed by atoms with E-state index in [2.05, 4.69) is 15.9 Å². The summed E-state index contributed by atoms with van der Waals surface area (Å²) in [6.07, 6.45) is 0. The molecule has 10 heteroatoms. The van der Waals surface area contributed by atoms with Crippen LogP contribution in [0.1, 0.15) is 0 Å². The number of alkyl halides is 1. The molecule has 92 valence electrons. The van der Waals surface area contributed by atoms with Crippen LogP contribution in [0.4, 0.5) is 0 Å². The monoisotopic (exact) mass is 349 g/mol. The highest BCUT2D eigenvalue weighted by molar-refractivity contribution is 9.09. The molecule has 16 heavy (non-hydrogen) atoms. The topological polar surface area (TPSA) is 115 Å². The number of hydrogen-bond acceptors (Lipinski definition) is 6. The summed E-state index contributed by atoms with van der Waals surface area (Å²) in [4.78, 5) is -0.466. The van der Waals surface area contributed by atoms with E-state index in [1.807, 2.05) is 0 Å². The Morgan fingerprint density at radius 3 is 2.44 bits per heavy atom. The zero-order chi connectivity index (χ0) is 12.6. The predicted octanol–water partition coefficient (Wildman–Crippen LogP) is -0.117. The van der Waals surface area contributed by atoms with Crippen LogP contribution in [0.25, 0.3) is 0 Å². The summed E-state index contributed by atoms with van der Waals surface area (Å²) in [5.74, 6) is 0. The summed E-state index contributed by atoms with van der Waals surface area (Å²) in [6.45, 7) is 0. The van der Waals surface area contributed by atoms with Crippen molar-refractivity contribution < 1.29 is 21.9 Å². The molecule has 6 nitrogen and oxygen atoms in total. The number of nitrogens with two attached hydrogens (primary N) is 1. The Bertz CT molecular complexity index is 575. The molecule has 0 spiro atoms. The molecule has 0 bridgehead atoms. The Balaban J connectivity index is 3.43. The van der Waals surface area contributed by atoms with Gasteiger partial charge in [0.1, 0.15) is 4.90 Å². The standard InChI is InChI=1S/C6H8BrNO5S3/c7-3-5(9)15(10,11)4-1-2-14-6(4)16(8,12)13/h1-2,5,9H,3H2,(H2,8,12,13). The molecule has 0 amide bonds. The average molecular weight is 350 g/mol. The second kappa shape index (κ2) is 4.70. The number of hydrogen-bond donors (Lipinski definition) is 2. The molecule has 0 aliphatic rings. The molecular formula is C6H8BrNO5S3. The largest absolute Gasteiger partial charge is 0.376 e. The number of primary sulfonamides is 1. The Hall–Kier alpha value is -0.0000000000000000555. The van der Waals surface area contributed by atoms with Crippen molar-refractivity contribution in [2.45, 2.75) is 14.5 Å². The lowest BCUT2D eigenvalue weighted by atomic mass is 10.7. The Morgan fingerprint density at radius 1 is 1.44 bits per heavy atom. The molecule has 0 radical (unpaired) electrons. The number of rotatable bonds is 4. The van der Waals surface area contributed by atoms with Gasteiger partial charge in [-0.2, -0.15) is 0 Å². The summed E-state index contributed by atoms with van der Waals surface area (Å²) in [6, 6.07) is 1.10. The van der Waals surface area contributed by atoms with Gasteiger partial charge < -0.3 is 5.11 Å². The SMILES string of the molecule is NS(=O)(=O)c1sccc1S(=O)(=O)C(O)CBr. The molecule has 0 aromatic carbocycles. The molecule has 1 unspecified atom stereocenters. The number of sulfonamides is 1. The zero-order valence-electron chi connectivity index (χ0n) is 7.70. The fourth-order valence-electron chi connectivity index (χ4n) is 0.931. The van der Waals surface area contributed by atoms with Gasteiger partial charge in [-0.15, -0.1) is 11.3 Å². The average Bonchev–Trinajstić information content (AvgIpc) is 2.64. The van der Waals surface area contributed by atoms with Crippen molar-refractivity contribution in [1.29, 1.82) is 0 Å². The number of aliphatic hydroxyl groups is 1. The van der Waals surface area contributed by atoms with E-state index < -0.39 is 34.4 Å². The van der Waals surface area contributed by atoms with Gasteiger partial charge in [-0.3, -0.25) is 0 Å². The van der Waals surface area contributed by atoms with E-state index in [0.717, 1.165) is 6.07 Å². The van der Waals surface area contributed by atoms with Crippen LogP contribution in [0, 0.1) is 0 Å². The number of aliphatic hydroxyl groups excluding tert-OH is 1. The maximum Gasteiger partial charge on any atom is 0.248 e. The molecule has 1 rings (SSSR count). The highest BCUT2D eigenvalue weighted by Gasteiger charge is 2.31. The van der Waals surface area contributed by atoms with Crippen molar-refractivity contribution in [2.75, 3.05) is 5.33 Å². The van der Waals surface area contributed by atoms with Crippen LogP contribution in [0.15, 0.2) is 20.6 Å². The van der Waals surface area contributed by atoms with Crippen LogP contribution in [-0.4, -0.2) is 32.7 Å². The van der Waals surface area contributed by atoms with Gasteiger partial charge in [0, 0.05) is 5.33 Å². The lowest BCUT2D eigenvalue weighted by Gasteiger charge is -2.08. The molecule has 0 aliphatic heterocycles. The van der Waals surface area contributed by atoms with Crippen LogP contribution in [0.3, 0.4) is 0 Å². The van der Waals surface area contributed by atoms with Crippen molar-refractivity contribution >= 4 is 47.1 Å². The molecule has 1 aromatic heterocycles. The fraction of sp³-hybridized carbons (Fsp3) is 0.333. The molecule has 0 saturated carbocycles. The minimum atomic E-state index is -4.10. The lowest BCUT2D eigenvalue weighted by Crippen LogP contribution is -2.24. The normalized spacial score (nSPS) is 14.9. The maximum absolute atomic E-state index is 11.7. The van der Waals surface area contributed by atoms with Crippen molar-refractivity contribution in [3.63, 3.8) is 0 Å². The van der Waals surface area contributed by atoms with Gasteiger partial charge >= 0.3 is 0 Å². The van der Waals surface area contributed by atoms with Gasteiger partial charge in [0.25, 0.3) is 0 Å². The summed E-state index contributed by atoms with van der Waals surface area (Å²) >= 11 is 3.50. The zero-order valence-corrected chi connectivity index (χ0v) is 11.7. The van der Waals surface area contributed by atoms with E-state index in [9.17, 15) is 21.9 Å². The van der Waals surface area contributed by atoms with E-state index in [1.54, 1.807) is 0 Å². The third-order valence-electron chi connectivity index (χ3n) is 1.65. The third-order valence-corrected chi connectivity index (χ3v) is 7.22. The van der Waals surface area contributed by atoms with Gasteiger partial charge in [-0.1, -0.05) is 15.9 Å². The maximum atomic E-state index is 11.7. The molecule has 1 heterocycles. The molecule has 0 fully saturated rings. The quantitative estimate of drug-likeness (QED) is 0.735. The first-order chi connectivity index (χ1) is 7.21. The van der Waals surface area contributed by atoms with E-state index in [-0.39, 0.29) is 5.33 Å². The van der Waals surface area contributed by atoms with Crippen LogP contribution in [0.2, 0.25) is 0 Å². The molecular weight excluding hydrogens is 342 g/mol. The van der Waals surface area contributed by atoms with Crippen LogP contribution >= 0.6 is 27.3 Å². The predicted molar refractivity (Wildman–Crippen MR) is 62.7 cm³/mol. The smallest absolute Gasteiger partial charge is 0.248 e. The minimum absolute atomic E-state index is 0.213. The van der Waals surface area contributed by atoms with Crippen molar-refractivity contribution in [2.24, 2.45) is 5.14 Å². The fourth-order valence-corrected chi connectivity index (χ4v) is 5.76. The first-order valence-corrected chi connectivity index (χ1v) is 8.89. The first-order valence-electron chi connectivity index (χ1n) is 3.79. The van der Waals surface area contributed by atoms with Gasteiger partial charge in [-0.25, -0.2) is 22.0 Å². The lowest BCUT2D eigenvalue weighted by molar-refractivity contribution is 0.273. The van der Waals surface area contributed by atoms with Crippen molar-refractivity contribution in [3.8, 4) is 0 Å². The van der Waals surface area contributed by atoms with Crippen molar-refractivity contribution in [1.82, 2.24) is 0 Å². The van der Waals surface area contributed by atoms with E-state index in [4.69, 9.17) is 5.14 Å². The minimum Gasteiger partial charge on any atom is -0.376 e. The van der Waals surface area contributed by atoms with Crippen LogP contribution in [0.5, 0.6) is 0 Å². The van der Waals surface area contributed by atoms with E-state index >= 15 is 0 Å². The first kappa shape index (κ1) is 14.1. The van der Waals surface area contributed by atoms with Gasteiger partial charge in [0.05, 0.1) is 0 Å². The van der Waals surface area contributed by atoms with Crippen LogP contribution < -0.4 is 5.14 Å². The van der Waals surface area contributed by atoms with Gasteiger partial charge in [-0.05, 0) is 11.4 Å². The molecule has 0 aliphatic carbocycles. The number of thiophene rings is 1. The molecule has 1 atom stereocenters.